The van der Waals surface area contributed by atoms with E-state index in [9.17, 15) is 4.79 Å². The molecule has 0 aromatic heterocycles. The van der Waals surface area contributed by atoms with Crippen LogP contribution in [0.1, 0.15) is 27.0 Å². The molecule has 0 aliphatic heterocycles. The van der Waals surface area contributed by atoms with E-state index in [1.54, 1.807) is 0 Å². The summed E-state index contributed by atoms with van der Waals surface area (Å²) in [5.41, 5.74) is 4.51. The number of carbonyl (C=O) groups is 1. The highest BCUT2D eigenvalue weighted by molar-refractivity contribution is 7.66. The number of carbonyl (C=O) groups excluding carboxylic acids is 1. The summed E-state index contributed by atoms with van der Waals surface area (Å²) in [5.74, 6) is 0. The minimum Gasteiger partial charge on any atom is -0.289 e. The summed E-state index contributed by atoms with van der Waals surface area (Å²) >= 11 is 0. The maximum absolute atomic E-state index is 12.4. The van der Waals surface area contributed by atoms with Crippen LogP contribution in [0.2, 0.25) is 0 Å². The van der Waals surface area contributed by atoms with Gasteiger partial charge >= 0.3 is 0 Å². The molecule has 0 heterocycles. The van der Waals surface area contributed by atoms with Gasteiger partial charge in [-0.3, -0.25) is 4.79 Å². The average molecular weight is 293 g/mol. The molecule has 1 atom stereocenters. The monoisotopic (exact) mass is 292 g/mol. The molecule has 0 aliphatic rings. The van der Waals surface area contributed by atoms with Crippen molar-refractivity contribution in [3.63, 3.8) is 0 Å². The Morgan fingerprint density at radius 2 is 1.47 bits per heavy atom. The summed E-state index contributed by atoms with van der Waals surface area (Å²) in [6.45, 7) is 6.10. The molecule has 0 radical (unpaired) electrons. The van der Waals surface area contributed by atoms with Crippen LogP contribution in [0.15, 0.2) is 42.5 Å². The van der Waals surface area contributed by atoms with Gasteiger partial charge in [0, 0.05) is 5.56 Å². The molecule has 2 rings (SSSR count). The molecule has 0 fully saturated rings. The Morgan fingerprint density at radius 1 is 0.947 bits per heavy atom. The van der Waals surface area contributed by atoms with Crippen LogP contribution in [0, 0.1) is 20.8 Å². The Labute approximate surface area is 122 Å². The van der Waals surface area contributed by atoms with Gasteiger partial charge in [0.25, 0.3) is 0 Å². The summed E-state index contributed by atoms with van der Waals surface area (Å²) in [6, 6.07) is 14.1. The highest BCUT2D eigenvalue weighted by atomic mass is 35.5. The van der Waals surface area contributed by atoms with Gasteiger partial charge in [-0.25, -0.2) is 0 Å². The Balaban J connectivity index is 0.00000180. The summed E-state index contributed by atoms with van der Waals surface area (Å²) in [5, 5.41) is 1.10. The topological polar surface area (TPSA) is 17.1 Å². The van der Waals surface area contributed by atoms with Crippen LogP contribution in [-0.4, -0.2) is 5.52 Å². The van der Waals surface area contributed by atoms with Crippen molar-refractivity contribution in [2.45, 2.75) is 20.8 Å². The fourth-order valence-corrected chi connectivity index (χ4v) is 3.39. The van der Waals surface area contributed by atoms with Crippen LogP contribution in [0.4, 0.5) is 0 Å². The van der Waals surface area contributed by atoms with E-state index in [4.69, 9.17) is 0 Å². The molecule has 2 aromatic carbocycles. The first-order valence-corrected chi connectivity index (χ1v) is 7.02. The third-order valence-electron chi connectivity index (χ3n) is 2.94. The van der Waals surface area contributed by atoms with E-state index < -0.39 is 0 Å². The molecule has 0 spiro atoms. The fraction of sp³-hybridized carbons (Fsp3) is 0.188. The van der Waals surface area contributed by atoms with Crippen molar-refractivity contribution < 1.29 is 4.79 Å². The summed E-state index contributed by atoms with van der Waals surface area (Å²) in [6.07, 6.45) is 0. The smallest absolute Gasteiger partial charge is 0.186 e. The summed E-state index contributed by atoms with van der Waals surface area (Å²) in [4.78, 5) is 12.4. The van der Waals surface area contributed by atoms with Crippen molar-refractivity contribution in [2.75, 3.05) is 0 Å². The van der Waals surface area contributed by atoms with Gasteiger partial charge in [0.1, 0.15) is 0 Å². The van der Waals surface area contributed by atoms with Gasteiger partial charge < -0.3 is 0 Å². The van der Waals surface area contributed by atoms with Crippen LogP contribution in [-0.2, 0) is 0 Å². The van der Waals surface area contributed by atoms with Gasteiger partial charge in [0.15, 0.2) is 5.52 Å². The first-order valence-electron chi connectivity index (χ1n) is 6.02. The molecule has 1 unspecified atom stereocenters. The van der Waals surface area contributed by atoms with Crippen LogP contribution in [0.3, 0.4) is 0 Å². The van der Waals surface area contributed by atoms with E-state index in [0.717, 1.165) is 22.0 Å². The molecule has 19 heavy (non-hydrogen) atoms. The molecule has 0 N–H and O–H groups in total. The van der Waals surface area contributed by atoms with Crippen molar-refractivity contribution in [3.05, 3.63) is 64.7 Å². The minimum atomic E-state index is 0. The van der Waals surface area contributed by atoms with Gasteiger partial charge in [0.05, 0.1) is 0 Å². The highest BCUT2D eigenvalue weighted by Gasteiger charge is 2.13. The van der Waals surface area contributed by atoms with Crippen LogP contribution < -0.4 is 5.30 Å². The average Bonchev–Trinajstić information content (AvgIpc) is 2.28. The van der Waals surface area contributed by atoms with Crippen LogP contribution >= 0.6 is 21.0 Å². The molecule has 0 aliphatic carbocycles. The molecule has 3 heteroatoms. The lowest BCUT2D eigenvalue weighted by Gasteiger charge is -2.10. The zero-order chi connectivity index (χ0) is 13.1. The maximum Gasteiger partial charge on any atom is 0.186 e. The number of rotatable bonds is 3. The van der Waals surface area contributed by atoms with E-state index in [0.29, 0.717) is 0 Å². The standard InChI is InChI=1S/C16H17OP.ClH/c1-11-9-12(2)15(13(3)10-11)16(17)18-14-7-5-4-6-8-14;/h4-10,18H,1-3H3;1H. The van der Waals surface area contributed by atoms with E-state index >= 15 is 0 Å². The van der Waals surface area contributed by atoms with Gasteiger partial charge in [-0.05, 0) is 45.8 Å². The third-order valence-corrected chi connectivity index (χ3v) is 4.03. The first kappa shape index (κ1) is 15.9. The fourth-order valence-electron chi connectivity index (χ4n) is 2.25. The second-order valence-corrected chi connectivity index (χ2v) is 5.88. The van der Waals surface area contributed by atoms with Crippen molar-refractivity contribution in [3.8, 4) is 0 Å². The lowest BCUT2D eigenvalue weighted by molar-refractivity contribution is 0.108. The Hall–Kier alpha value is -1.17. The Bertz CT molecular complexity index is 556. The SMILES string of the molecule is Cc1cc(C)c(C(=O)Pc2ccccc2)c(C)c1.Cl. The van der Waals surface area contributed by atoms with Crippen molar-refractivity contribution in [2.24, 2.45) is 0 Å². The maximum atomic E-state index is 12.4. The third kappa shape index (κ3) is 3.89. The molecule has 1 nitrogen and oxygen atoms in total. The van der Waals surface area contributed by atoms with Crippen molar-refractivity contribution >= 4 is 31.8 Å². The molecular formula is C16H18ClOP. The number of halogens is 1. The molecule has 2 aromatic rings. The molecule has 0 saturated heterocycles. The Kier molecular flexibility index (Phi) is 5.72. The van der Waals surface area contributed by atoms with Gasteiger partial charge in [-0.1, -0.05) is 48.0 Å². The van der Waals surface area contributed by atoms with E-state index in [-0.39, 0.29) is 26.5 Å². The minimum absolute atomic E-state index is 0. The summed E-state index contributed by atoms with van der Waals surface area (Å²) in [7, 11) is 0.206. The van der Waals surface area contributed by atoms with Crippen molar-refractivity contribution in [1.29, 1.82) is 0 Å². The molecule has 0 amide bonds. The highest BCUT2D eigenvalue weighted by Crippen LogP contribution is 2.25. The predicted molar refractivity (Wildman–Crippen MR) is 86.6 cm³/mol. The van der Waals surface area contributed by atoms with Gasteiger partial charge in [0.2, 0.25) is 0 Å². The van der Waals surface area contributed by atoms with E-state index in [1.807, 2.05) is 44.2 Å². The zero-order valence-electron chi connectivity index (χ0n) is 11.4. The number of benzene rings is 2. The number of hydrogen-bond acceptors (Lipinski definition) is 1. The van der Waals surface area contributed by atoms with E-state index in [2.05, 4.69) is 19.1 Å². The lowest BCUT2D eigenvalue weighted by Crippen LogP contribution is -2.04. The Morgan fingerprint density at radius 3 is 2.00 bits per heavy atom. The van der Waals surface area contributed by atoms with Gasteiger partial charge in [-0.15, -0.1) is 12.4 Å². The van der Waals surface area contributed by atoms with Crippen LogP contribution in [0.5, 0.6) is 0 Å². The number of aryl methyl sites for hydroxylation is 3. The van der Waals surface area contributed by atoms with E-state index in [1.165, 1.54) is 5.56 Å². The second-order valence-electron chi connectivity index (χ2n) is 4.59. The quantitative estimate of drug-likeness (QED) is 0.776. The van der Waals surface area contributed by atoms with Gasteiger partial charge in [-0.2, -0.15) is 0 Å². The lowest BCUT2D eigenvalue weighted by atomic mass is 10.0. The number of hydrogen-bond donors (Lipinski definition) is 0. The molecular weight excluding hydrogens is 275 g/mol. The summed E-state index contributed by atoms with van der Waals surface area (Å²) < 4.78 is 0. The molecule has 0 bridgehead atoms. The first-order chi connectivity index (χ1) is 8.58. The van der Waals surface area contributed by atoms with Crippen LogP contribution in [0.25, 0.3) is 0 Å². The second kappa shape index (κ2) is 6.84. The molecule has 100 valence electrons. The zero-order valence-corrected chi connectivity index (χ0v) is 13.2. The largest absolute Gasteiger partial charge is 0.289 e. The van der Waals surface area contributed by atoms with Crippen molar-refractivity contribution in [1.82, 2.24) is 0 Å². The molecule has 0 saturated carbocycles. The predicted octanol–water partition coefficient (Wildman–Crippen LogP) is 4.18. The normalized spacial score (nSPS) is 10.5.